The molecule has 3 rings (SSSR count). The van der Waals surface area contributed by atoms with E-state index in [1.807, 2.05) is 18.3 Å². The average molecular weight is 325 g/mol. The van der Waals surface area contributed by atoms with Crippen molar-refractivity contribution in [3.8, 4) is 5.88 Å². The van der Waals surface area contributed by atoms with Crippen molar-refractivity contribution < 1.29 is 4.74 Å². The molecular formula is C14H14Cl2N4O. The Balaban J connectivity index is 1.41. The highest BCUT2D eigenvalue weighted by Gasteiger charge is 2.27. The summed E-state index contributed by atoms with van der Waals surface area (Å²) in [4.78, 5) is 14.4. The summed E-state index contributed by atoms with van der Waals surface area (Å²) in [5.41, 5.74) is 1.17. The molecule has 0 amide bonds. The molecule has 2 aromatic rings. The molecule has 1 aliphatic heterocycles. The van der Waals surface area contributed by atoms with Gasteiger partial charge < -0.3 is 4.74 Å². The fourth-order valence-corrected chi connectivity index (χ4v) is 2.52. The predicted octanol–water partition coefficient (Wildman–Crippen LogP) is 2.69. The Bertz CT molecular complexity index is 602. The zero-order valence-corrected chi connectivity index (χ0v) is 12.8. The highest BCUT2D eigenvalue weighted by atomic mass is 35.5. The van der Waals surface area contributed by atoms with Crippen LogP contribution in [0.2, 0.25) is 10.3 Å². The van der Waals surface area contributed by atoms with Gasteiger partial charge in [0.2, 0.25) is 5.88 Å². The van der Waals surface area contributed by atoms with Gasteiger partial charge in [0.15, 0.2) is 5.15 Å². The summed E-state index contributed by atoms with van der Waals surface area (Å²) in [7, 11) is 0. The molecule has 1 aliphatic rings. The second-order valence-electron chi connectivity index (χ2n) is 5.04. The highest BCUT2D eigenvalue weighted by Crippen LogP contribution is 2.20. The molecular weight excluding hydrogens is 311 g/mol. The maximum absolute atomic E-state index is 5.77. The predicted molar refractivity (Wildman–Crippen MR) is 80.6 cm³/mol. The number of hydrogen-bond acceptors (Lipinski definition) is 5. The molecule has 0 N–H and O–H groups in total. The lowest BCUT2D eigenvalue weighted by molar-refractivity contribution is 0.0542. The van der Waals surface area contributed by atoms with Gasteiger partial charge in [0.25, 0.3) is 0 Å². The van der Waals surface area contributed by atoms with Crippen molar-refractivity contribution >= 4 is 23.2 Å². The van der Waals surface area contributed by atoms with Gasteiger partial charge in [-0.15, -0.1) is 0 Å². The number of halogens is 2. The molecule has 0 spiro atoms. The van der Waals surface area contributed by atoms with Crippen molar-refractivity contribution in [3.63, 3.8) is 0 Å². The van der Waals surface area contributed by atoms with Crippen molar-refractivity contribution in [3.05, 3.63) is 46.6 Å². The van der Waals surface area contributed by atoms with E-state index in [9.17, 15) is 0 Å². The number of hydrogen-bond donors (Lipinski definition) is 0. The van der Waals surface area contributed by atoms with Crippen LogP contribution in [0.5, 0.6) is 5.88 Å². The number of nitrogens with zero attached hydrogens (tertiary/aromatic N) is 4. The largest absolute Gasteiger partial charge is 0.476 e. The minimum absolute atomic E-state index is 0.345. The van der Waals surface area contributed by atoms with E-state index in [-0.39, 0.29) is 0 Å². The summed E-state index contributed by atoms with van der Waals surface area (Å²) in [5.74, 6) is 0.980. The number of likely N-dealkylation sites (tertiary alicyclic amines) is 1. The molecule has 0 aliphatic carbocycles. The molecule has 0 aromatic carbocycles. The molecule has 2 aromatic heterocycles. The Hall–Kier alpha value is -1.43. The van der Waals surface area contributed by atoms with Crippen LogP contribution in [0.1, 0.15) is 5.56 Å². The molecule has 1 saturated heterocycles. The molecule has 0 saturated carbocycles. The number of ether oxygens (including phenoxy) is 1. The second kappa shape index (κ2) is 6.56. The monoisotopic (exact) mass is 324 g/mol. The van der Waals surface area contributed by atoms with Gasteiger partial charge in [-0.2, -0.15) is 4.98 Å². The van der Waals surface area contributed by atoms with Crippen LogP contribution in [0, 0.1) is 5.92 Å². The van der Waals surface area contributed by atoms with Crippen LogP contribution in [0.4, 0.5) is 0 Å². The first-order valence-corrected chi connectivity index (χ1v) is 7.38. The van der Waals surface area contributed by atoms with Gasteiger partial charge in [0, 0.05) is 31.7 Å². The SMILES string of the molecule is Clc1ccc(CN2CC(COc3cncc(Cl)n3)C2)cn1. The fraction of sp³-hybridized carbons (Fsp3) is 0.357. The van der Waals surface area contributed by atoms with E-state index >= 15 is 0 Å². The summed E-state index contributed by atoms with van der Waals surface area (Å²) in [6, 6.07) is 3.82. The Morgan fingerprint density at radius 3 is 2.71 bits per heavy atom. The van der Waals surface area contributed by atoms with E-state index < -0.39 is 0 Å². The molecule has 21 heavy (non-hydrogen) atoms. The van der Waals surface area contributed by atoms with Gasteiger partial charge in [0.05, 0.1) is 19.0 Å². The maximum Gasteiger partial charge on any atom is 0.233 e. The van der Waals surface area contributed by atoms with Crippen molar-refractivity contribution in [2.24, 2.45) is 5.92 Å². The van der Waals surface area contributed by atoms with E-state index in [0.717, 1.165) is 19.6 Å². The molecule has 0 unspecified atom stereocenters. The minimum atomic E-state index is 0.345. The van der Waals surface area contributed by atoms with Crippen LogP contribution in [-0.2, 0) is 6.54 Å². The first-order valence-electron chi connectivity index (χ1n) is 6.62. The molecule has 110 valence electrons. The van der Waals surface area contributed by atoms with Crippen molar-refractivity contribution in [1.82, 2.24) is 19.9 Å². The fourth-order valence-electron chi connectivity index (χ4n) is 2.27. The highest BCUT2D eigenvalue weighted by molar-refractivity contribution is 6.29. The Kier molecular flexibility index (Phi) is 4.53. The van der Waals surface area contributed by atoms with E-state index in [1.165, 1.54) is 11.8 Å². The van der Waals surface area contributed by atoms with Crippen LogP contribution in [0.3, 0.4) is 0 Å². The molecule has 1 fully saturated rings. The Morgan fingerprint density at radius 2 is 2.00 bits per heavy atom. The standard InChI is InChI=1S/C14H14Cl2N4O/c15-12-2-1-10(3-18-12)6-20-7-11(8-20)9-21-14-5-17-4-13(16)19-14/h1-5,11H,6-9H2. The summed E-state index contributed by atoms with van der Waals surface area (Å²) in [5, 5.41) is 0.870. The summed E-state index contributed by atoms with van der Waals surface area (Å²) in [6.45, 7) is 3.51. The lowest BCUT2D eigenvalue weighted by Gasteiger charge is -2.38. The molecule has 5 nitrogen and oxygen atoms in total. The maximum atomic E-state index is 5.77. The average Bonchev–Trinajstić information content (AvgIpc) is 2.43. The molecule has 0 atom stereocenters. The van der Waals surface area contributed by atoms with Crippen molar-refractivity contribution in [2.75, 3.05) is 19.7 Å². The van der Waals surface area contributed by atoms with Gasteiger partial charge in [-0.25, -0.2) is 4.98 Å². The minimum Gasteiger partial charge on any atom is -0.476 e. The number of aromatic nitrogens is 3. The van der Waals surface area contributed by atoms with Crippen LogP contribution in [-0.4, -0.2) is 39.5 Å². The van der Waals surface area contributed by atoms with Crippen LogP contribution in [0.15, 0.2) is 30.7 Å². The molecule has 0 radical (unpaired) electrons. The topological polar surface area (TPSA) is 51.1 Å². The Morgan fingerprint density at radius 1 is 1.14 bits per heavy atom. The first kappa shape index (κ1) is 14.5. The smallest absolute Gasteiger partial charge is 0.233 e. The number of rotatable bonds is 5. The Labute approximate surface area is 132 Å². The third-order valence-electron chi connectivity index (χ3n) is 3.28. The first-order chi connectivity index (χ1) is 10.2. The lowest BCUT2D eigenvalue weighted by Crippen LogP contribution is -2.48. The van der Waals surface area contributed by atoms with Crippen molar-refractivity contribution in [1.29, 1.82) is 0 Å². The van der Waals surface area contributed by atoms with Gasteiger partial charge in [-0.05, 0) is 11.6 Å². The normalized spacial score (nSPS) is 15.7. The molecule has 3 heterocycles. The third kappa shape index (κ3) is 4.03. The summed E-state index contributed by atoms with van der Waals surface area (Å²) >= 11 is 11.5. The van der Waals surface area contributed by atoms with Crippen molar-refractivity contribution in [2.45, 2.75) is 6.54 Å². The molecule has 0 bridgehead atoms. The van der Waals surface area contributed by atoms with Gasteiger partial charge >= 0.3 is 0 Å². The third-order valence-corrected chi connectivity index (χ3v) is 3.68. The van der Waals surface area contributed by atoms with E-state index in [1.54, 1.807) is 6.20 Å². The van der Waals surface area contributed by atoms with Crippen LogP contribution in [0.25, 0.3) is 0 Å². The van der Waals surface area contributed by atoms with E-state index in [2.05, 4.69) is 19.9 Å². The second-order valence-corrected chi connectivity index (χ2v) is 5.81. The van der Waals surface area contributed by atoms with Gasteiger partial charge in [-0.1, -0.05) is 29.3 Å². The zero-order chi connectivity index (χ0) is 14.7. The van der Waals surface area contributed by atoms with Gasteiger partial charge in [-0.3, -0.25) is 9.88 Å². The molecule has 7 heteroatoms. The van der Waals surface area contributed by atoms with E-state index in [0.29, 0.717) is 28.7 Å². The number of pyridine rings is 1. The van der Waals surface area contributed by atoms with Crippen LogP contribution < -0.4 is 4.74 Å². The summed E-state index contributed by atoms with van der Waals surface area (Å²) < 4.78 is 5.59. The quantitative estimate of drug-likeness (QED) is 0.791. The van der Waals surface area contributed by atoms with E-state index in [4.69, 9.17) is 27.9 Å². The zero-order valence-electron chi connectivity index (χ0n) is 11.2. The summed E-state index contributed by atoms with van der Waals surface area (Å²) in [6.07, 6.45) is 4.87. The lowest BCUT2D eigenvalue weighted by atomic mass is 10.0. The van der Waals surface area contributed by atoms with Crippen LogP contribution >= 0.6 is 23.2 Å². The van der Waals surface area contributed by atoms with Gasteiger partial charge in [0.1, 0.15) is 5.15 Å².